The average Bonchev–Trinajstić information content (AvgIpc) is 2.87. The number of carbonyl (C=O) groups is 1. The second kappa shape index (κ2) is 5.85. The number of hydrogen-bond acceptors (Lipinski definition) is 6. The zero-order valence-electron chi connectivity index (χ0n) is 9.96. The van der Waals surface area contributed by atoms with Gasteiger partial charge in [-0.2, -0.15) is 5.10 Å². The predicted molar refractivity (Wildman–Crippen MR) is 62.4 cm³/mol. The van der Waals surface area contributed by atoms with Gasteiger partial charge in [0.05, 0.1) is 19.2 Å². The minimum atomic E-state index is -0.241. The fourth-order valence-corrected chi connectivity index (χ4v) is 1.39. The van der Waals surface area contributed by atoms with E-state index >= 15 is 0 Å². The van der Waals surface area contributed by atoms with Gasteiger partial charge in [0.15, 0.2) is 0 Å². The second-order valence-electron chi connectivity index (χ2n) is 3.50. The summed E-state index contributed by atoms with van der Waals surface area (Å²) >= 11 is 0. The molecule has 1 N–H and O–H groups in total. The van der Waals surface area contributed by atoms with E-state index in [0.29, 0.717) is 30.4 Å². The summed E-state index contributed by atoms with van der Waals surface area (Å²) in [6.07, 6.45) is 5.48. The van der Waals surface area contributed by atoms with Gasteiger partial charge in [-0.25, -0.2) is 9.97 Å². The maximum atomic E-state index is 11.2. The molecule has 0 aliphatic carbocycles. The van der Waals surface area contributed by atoms with Crippen LogP contribution in [0.3, 0.4) is 0 Å². The normalized spacial score (nSPS) is 10.3. The highest BCUT2D eigenvalue weighted by Crippen LogP contribution is 2.09. The van der Waals surface area contributed by atoms with Crippen molar-refractivity contribution in [1.29, 1.82) is 0 Å². The zero-order chi connectivity index (χ0) is 12.8. The van der Waals surface area contributed by atoms with E-state index in [1.807, 2.05) is 0 Å². The van der Waals surface area contributed by atoms with Gasteiger partial charge < -0.3 is 4.74 Å². The van der Waals surface area contributed by atoms with Crippen molar-refractivity contribution in [3.63, 3.8) is 0 Å². The molecule has 0 spiro atoms. The summed E-state index contributed by atoms with van der Waals surface area (Å²) in [5.74, 6) is 0.862. The summed E-state index contributed by atoms with van der Waals surface area (Å²) in [5.41, 5.74) is 0.594. The molecule has 7 nitrogen and oxygen atoms in total. The Bertz CT molecular complexity index is 511. The Labute approximate surface area is 104 Å². The Morgan fingerprint density at radius 1 is 1.44 bits per heavy atom. The first-order valence-electron chi connectivity index (χ1n) is 5.63. The molecule has 0 aliphatic heterocycles. The van der Waals surface area contributed by atoms with Gasteiger partial charge in [-0.05, 0) is 6.92 Å². The Balaban J connectivity index is 1.97. The van der Waals surface area contributed by atoms with Crippen molar-refractivity contribution in [2.75, 3.05) is 6.61 Å². The highest BCUT2D eigenvalue weighted by Gasteiger charge is 2.09. The zero-order valence-corrected chi connectivity index (χ0v) is 9.96. The molecule has 0 fully saturated rings. The standard InChI is InChI=1S/C11H13N5O2/c1-2-18-10(17)4-3-9-14-11(16-15-9)8-7-12-5-6-13-8/h5-7H,2-4H2,1H3,(H,14,15,16). The van der Waals surface area contributed by atoms with Gasteiger partial charge >= 0.3 is 5.97 Å². The van der Waals surface area contributed by atoms with Gasteiger partial charge in [-0.1, -0.05) is 0 Å². The number of aryl methyl sites for hydroxylation is 1. The van der Waals surface area contributed by atoms with Crippen molar-refractivity contribution in [3.8, 4) is 11.5 Å². The van der Waals surface area contributed by atoms with E-state index < -0.39 is 0 Å². The van der Waals surface area contributed by atoms with Crippen LogP contribution >= 0.6 is 0 Å². The Morgan fingerprint density at radius 2 is 2.33 bits per heavy atom. The number of carbonyl (C=O) groups excluding carboxylic acids is 1. The molecule has 0 aliphatic rings. The smallest absolute Gasteiger partial charge is 0.306 e. The van der Waals surface area contributed by atoms with Crippen LogP contribution in [-0.4, -0.2) is 37.7 Å². The second-order valence-corrected chi connectivity index (χ2v) is 3.50. The molecule has 0 saturated carbocycles. The Hall–Kier alpha value is -2.31. The lowest BCUT2D eigenvalue weighted by molar-refractivity contribution is -0.143. The summed E-state index contributed by atoms with van der Waals surface area (Å²) < 4.78 is 4.83. The molecule has 0 radical (unpaired) electrons. The lowest BCUT2D eigenvalue weighted by Crippen LogP contribution is -2.05. The number of aromatic nitrogens is 5. The molecule has 0 amide bonds. The molecule has 0 atom stereocenters. The topological polar surface area (TPSA) is 93.7 Å². The van der Waals surface area contributed by atoms with Crippen LogP contribution < -0.4 is 0 Å². The van der Waals surface area contributed by atoms with E-state index in [1.165, 1.54) is 0 Å². The Kier molecular flexibility index (Phi) is 3.95. The van der Waals surface area contributed by atoms with Crippen molar-refractivity contribution in [3.05, 3.63) is 24.4 Å². The van der Waals surface area contributed by atoms with Crippen LogP contribution in [0.1, 0.15) is 19.2 Å². The molecule has 7 heteroatoms. The van der Waals surface area contributed by atoms with Gasteiger partial charge in [-0.15, -0.1) is 0 Å². The van der Waals surface area contributed by atoms with E-state index in [-0.39, 0.29) is 12.4 Å². The van der Waals surface area contributed by atoms with Gasteiger partial charge in [0, 0.05) is 18.8 Å². The van der Waals surface area contributed by atoms with Crippen LogP contribution in [0.2, 0.25) is 0 Å². The monoisotopic (exact) mass is 247 g/mol. The van der Waals surface area contributed by atoms with Crippen molar-refractivity contribution in [2.24, 2.45) is 0 Å². The SMILES string of the molecule is CCOC(=O)CCc1nc(-c2cnccn2)n[nH]1. The number of esters is 1. The first-order valence-corrected chi connectivity index (χ1v) is 5.63. The van der Waals surface area contributed by atoms with Crippen molar-refractivity contribution in [2.45, 2.75) is 19.8 Å². The molecule has 2 aromatic rings. The number of nitrogens with zero attached hydrogens (tertiary/aromatic N) is 4. The van der Waals surface area contributed by atoms with Crippen molar-refractivity contribution in [1.82, 2.24) is 25.1 Å². The number of H-pyrrole nitrogens is 1. The van der Waals surface area contributed by atoms with E-state index in [2.05, 4.69) is 25.1 Å². The molecular weight excluding hydrogens is 234 g/mol. The average molecular weight is 247 g/mol. The highest BCUT2D eigenvalue weighted by atomic mass is 16.5. The molecular formula is C11H13N5O2. The van der Waals surface area contributed by atoms with Crippen LogP contribution in [0.5, 0.6) is 0 Å². The minimum absolute atomic E-state index is 0.241. The third kappa shape index (κ3) is 3.09. The van der Waals surface area contributed by atoms with Crippen LogP contribution in [0.4, 0.5) is 0 Å². The summed E-state index contributed by atoms with van der Waals surface area (Å²) in [5, 5.41) is 6.78. The maximum Gasteiger partial charge on any atom is 0.306 e. The van der Waals surface area contributed by atoms with Crippen LogP contribution in [0.25, 0.3) is 11.5 Å². The highest BCUT2D eigenvalue weighted by molar-refractivity contribution is 5.69. The minimum Gasteiger partial charge on any atom is -0.466 e. The van der Waals surface area contributed by atoms with Crippen molar-refractivity contribution < 1.29 is 9.53 Å². The number of nitrogens with one attached hydrogen (secondary N) is 1. The van der Waals surface area contributed by atoms with E-state index in [0.717, 1.165) is 0 Å². The molecule has 0 saturated heterocycles. The molecule has 0 aromatic carbocycles. The third-order valence-electron chi connectivity index (χ3n) is 2.20. The molecule has 2 aromatic heterocycles. The number of aromatic amines is 1. The lowest BCUT2D eigenvalue weighted by atomic mass is 10.3. The van der Waals surface area contributed by atoms with Gasteiger partial charge in [-0.3, -0.25) is 14.9 Å². The van der Waals surface area contributed by atoms with Crippen molar-refractivity contribution >= 4 is 5.97 Å². The molecule has 94 valence electrons. The van der Waals surface area contributed by atoms with Gasteiger partial charge in [0.25, 0.3) is 0 Å². The number of ether oxygens (including phenoxy) is 1. The van der Waals surface area contributed by atoms with Crippen LogP contribution in [0, 0.1) is 0 Å². The molecule has 18 heavy (non-hydrogen) atoms. The molecule has 0 unspecified atom stereocenters. The van der Waals surface area contributed by atoms with E-state index in [1.54, 1.807) is 25.5 Å². The fraction of sp³-hybridized carbons (Fsp3) is 0.364. The maximum absolute atomic E-state index is 11.2. The summed E-state index contributed by atoms with van der Waals surface area (Å²) in [4.78, 5) is 23.4. The first kappa shape index (κ1) is 12.2. The Morgan fingerprint density at radius 3 is 3.06 bits per heavy atom. The van der Waals surface area contributed by atoms with Gasteiger partial charge in [0.2, 0.25) is 5.82 Å². The quantitative estimate of drug-likeness (QED) is 0.784. The van der Waals surface area contributed by atoms with E-state index in [4.69, 9.17) is 4.74 Å². The number of hydrogen-bond donors (Lipinski definition) is 1. The summed E-state index contributed by atoms with van der Waals surface area (Å²) in [6.45, 7) is 2.17. The number of rotatable bonds is 5. The predicted octanol–water partition coefficient (Wildman–Crippen LogP) is 0.757. The largest absolute Gasteiger partial charge is 0.466 e. The van der Waals surface area contributed by atoms with Crippen LogP contribution in [-0.2, 0) is 16.0 Å². The lowest BCUT2D eigenvalue weighted by Gasteiger charge is -1.98. The van der Waals surface area contributed by atoms with Crippen LogP contribution in [0.15, 0.2) is 18.6 Å². The first-order chi connectivity index (χ1) is 8.79. The summed E-state index contributed by atoms with van der Waals surface area (Å²) in [6, 6.07) is 0. The molecule has 2 rings (SSSR count). The van der Waals surface area contributed by atoms with E-state index in [9.17, 15) is 4.79 Å². The summed E-state index contributed by atoms with van der Waals surface area (Å²) in [7, 11) is 0. The molecule has 0 bridgehead atoms. The fourth-order valence-electron chi connectivity index (χ4n) is 1.39. The third-order valence-corrected chi connectivity index (χ3v) is 2.20. The molecule has 2 heterocycles. The van der Waals surface area contributed by atoms with Gasteiger partial charge in [0.1, 0.15) is 11.5 Å².